The average Bonchev–Trinajstić information content (AvgIpc) is 3.17. The lowest BCUT2D eigenvalue weighted by Gasteiger charge is -2.31. The summed E-state index contributed by atoms with van der Waals surface area (Å²) in [5, 5.41) is 1.88. The molecule has 1 amide bonds. The maximum Gasteiger partial charge on any atom is 0.267 e. The third-order valence-corrected chi connectivity index (χ3v) is 8.32. The minimum atomic E-state index is -0.0633. The van der Waals surface area contributed by atoms with E-state index in [1.807, 2.05) is 24.0 Å². The first kappa shape index (κ1) is 21.9. The summed E-state index contributed by atoms with van der Waals surface area (Å²) >= 11 is 9.03. The molecular formula is C23H24ClN3O3S2. The van der Waals surface area contributed by atoms with E-state index in [1.165, 1.54) is 16.6 Å². The van der Waals surface area contributed by atoms with E-state index in [2.05, 4.69) is 0 Å². The van der Waals surface area contributed by atoms with Gasteiger partial charge in [0.15, 0.2) is 5.16 Å². The van der Waals surface area contributed by atoms with Crippen LogP contribution in [0.3, 0.4) is 0 Å². The van der Waals surface area contributed by atoms with Gasteiger partial charge in [0, 0.05) is 23.0 Å². The first-order valence-electron chi connectivity index (χ1n) is 10.9. The standard InChI is InChI=1S/C23H24ClN3O3S2/c1-14-12-26(10-11-30-14)19(28)13-31-23-25-21-20(17-4-2-3-5-18(17)32-21)22(29)27(23)16-8-6-15(24)7-9-16/h6-9,14H,2-5,10-13H2,1H3. The smallest absolute Gasteiger partial charge is 0.267 e. The zero-order chi connectivity index (χ0) is 22.2. The third-order valence-electron chi connectivity index (χ3n) is 5.96. The molecule has 168 valence electrons. The molecule has 3 heterocycles. The third kappa shape index (κ3) is 4.21. The molecule has 1 aliphatic carbocycles. The number of rotatable bonds is 4. The molecule has 1 saturated heterocycles. The molecule has 0 N–H and O–H groups in total. The van der Waals surface area contributed by atoms with Crippen LogP contribution in [0.5, 0.6) is 0 Å². The van der Waals surface area contributed by atoms with Crippen LogP contribution in [0.15, 0.2) is 34.2 Å². The number of benzene rings is 1. The van der Waals surface area contributed by atoms with Crippen LogP contribution in [0, 0.1) is 0 Å². The van der Waals surface area contributed by atoms with Crippen molar-refractivity contribution in [3.8, 4) is 5.69 Å². The van der Waals surface area contributed by atoms with Gasteiger partial charge in [-0.3, -0.25) is 14.2 Å². The van der Waals surface area contributed by atoms with E-state index >= 15 is 0 Å². The van der Waals surface area contributed by atoms with E-state index in [9.17, 15) is 9.59 Å². The summed E-state index contributed by atoms with van der Waals surface area (Å²) in [6.07, 6.45) is 4.22. The van der Waals surface area contributed by atoms with Crippen molar-refractivity contribution in [2.24, 2.45) is 0 Å². The lowest BCUT2D eigenvalue weighted by molar-refractivity contribution is -0.135. The molecule has 32 heavy (non-hydrogen) atoms. The van der Waals surface area contributed by atoms with Gasteiger partial charge in [-0.15, -0.1) is 11.3 Å². The molecule has 0 saturated carbocycles. The molecule has 1 fully saturated rings. The summed E-state index contributed by atoms with van der Waals surface area (Å²) < 4.78 is 7.18. The Hall–Kier alpha value is -1.87. The van der Waals surface area contributed by atoms with Gasteiger partial charge in [0.2, 0.25) is 5.91 Å². The van der Waals surface area contributed by atoms with Crippen molar-refractivity contribution in [3.63, 3.8) is 0 Å². The minimum Gasteiger partial charge on any atom is -0.375 e. The predicted octanol–water partition coefficient (Wildman–Crippen LogP) is 4.32. The van der Waals surface area contributed by atoms with Crippen molar-refractivity contribution < 1.29 is 9.53 Å². The average molecular weight is 490 g/mol. The van der Waals surface area contributed by atoms with Crippen molar-refractivity contribution in [1.82, 2.24) is 14.5 Å². The number of aromatic nitrogens is 2. The van der Waals surface area contributed by atoms with Crippen LogP contribution in [0.4, 0.5) is 0 Å². The van der Waals surface area contributed by atoms with Crippen LogP contribution < -0.4 is 5.56 Å². The number of morpholine rings is 1. The largest absolute Gasteiger partial charge is 0.375 e. The lowest BCUT2D eigenvalue weighted by atomic mass is 9.97. The second-order valence-electron chi connectivity index (χ2n) is 8.21. The van der Waals surface area contributed by atoms with Gasteiger partial charge >= 0.3 is 0 Å². The van der Waals surface area contributed by atoms with Gasteiger partial charge in [-0.1, -0.05) is 23.4 Å². The number of hydrogen-bond donors (Lipinski definition) is 0. The predicted molar refractivity (Wildman–Crippen MR) is 130 cm³/mol. The van der Waals surface area contributed by atoms with Crippen LogP contribution in [0.2, 0.25) is 5.02 Å². The highest BCUT2D eigenvalue weighted by Crippen LogP contribution is 2.35. The maximum atomic E-state index is 13.7. The molecule has 9 heteroatoms. The number of aryl methyl sites for hydroxylation is 2. The Bertz CT molecular complexity index is 1220. The monoisotopic (exact) mass is 489 g/mol. The summed E-state index contributed by atoms with van der Waals surface area (Å²) in [5.74, 6) is 0.260. The number of hydrogen-bond acceptors (Lipinski definition) is 6. The first-order chi connectivity index (χ1) is 15.5. The molecule has 0 radical (unpaired) electrons. The van der Waals surface area contributed by atoms with Gasteiger partial charge in [-0.05, 0) is 62.4 Å². The van der Waals surface area contributed by atoms with Crippen molar-refractivity contribution in [1.29, 1.82) is 0 Å². The summed E-state index contributed by atoms with van der Waals surface area (Å²) in [6.45, 7) is 3.71. The van der Waals surface area contributed by atoms with E-state index in [4.69, 9.17) is 21.3 Å². The quantitative estimate of drug-likeness (QED) is 0.403. The van der Waals surface area contributed by atoms with Crippen molar-refractivity contribution >= 4 is 50.8 Å². The number of nitrogens with zero attached hydrogens (tertiary/aromatic N) is 3. The fourth-order valence-corrected chi connectivity index (χ4v) is 6.71. The molecule has 2 aromatic heterocycles. The number of fused-ring (bicyclic) bond motifs is 3. The molecule has 5 rings (SSSR count). The molecule has 1 atom stereocenters. The number of amides is 1. The number of halogens is 1. The van der Waals surface area contributed by atoms with E-state index in [-0.39, 0.29) is 23.3 Å². The SMILES string of the molecule is CC1CN(C(=O)CSc2nc3sc4c(c3c(=O)n2-c2ccc(Cl)cc2)CCCC4)CCO1. The Morgan fingerprint density at radius 3 is 2.84 bits per heavy atom. The zero-order valence-electron chi connectivity index (χ0n) is 17.8. The Labute approximate surface area is 199 Å². The van der Waals surface area contributed by atoms with Crippen LogP contribution >= 0.6 is 34.7 Å². The summed E-state index contributed by atoms with van der Waals surface area (Å²) in [7, 11) is 0. The number of thiophene rings is 1. The number of carbonyl (C=O) groups is 1. The Morgan fingerprint density at radius 1 is 1.28 bits per heavy atom. The summed E-state index contributed by atoms with van der Waals surface area (Å²) in [6, 6.07) is 7.19. The fourth-order valence-electron chi connectivity index (χ4n) is 4.36. The number of thioether (sulfide) groups is 1. The second kappa shape index (κ2) is 9.17. The minimum absolute atomic E-state index is 0.0348. The normalized spacial score (nSPS) is 18.7. The number of carbonyl (C=O) groups excluding carboxylic acids is 1. The summed E-state index contributed by atoms with van der Waals surface area (Å²) in [5.41, 5.74) is 1.80. The van der Waals surface area contributed by atoms with Gasteiger partial charge < -0.3 is 9.64 Å². The molecule has 3 aromatic rings. The van der Waals surface area contributed by atoms with Crippen molar-refractivity contribution in [3.05, 3.63) is 50.1 Å². The van der Waals surface area contributed by atoms with E-state index < -0.39 is 0 Å². The van der Waals surface area contributed by atoms with E-state index in [1.54, 1.807) is 28.0 Å². The Balaban J connectivity index is 1.54. The van der Waals surface area contributed by atoms with Gasteiger partial charge in [-0.2, -0.15) is 0 Å². The van der Waals surface area contributed by atoms with Gasteiger partial charge in [0.25, 0.3) is 5.56 Å². The van der Waals surface area contributed by atoms with Crippen LogP contribution in [-0.4, -0.2) is 51.9 Å². The lowest BCUT2D eigenvalue weighted by Crippen LogP contribution is -2.45. The molecular weight excluding hydrogens is 466 g/mol. The van der Waals surface area contributed by atoms with E-state index in [0.717, 1.165) is 41.5 Å². The summed E-state index contributed by atoms with van der Waals surface area (Å²) in [4.78, 5) is 35.3. The van der Waals surface area contributed by atoms with Crippen LogP contribution in [0.1, 0.15) is 30.2 Å². The highest BCUT2D eigenvalue weighted by atomic mass is 35.5. The second-order valence-corrected chi connectivity index (χ2v) is 10.7. The Morgan fingerprint density at radius 2 is 2.06 bits per heavy atom. The van der Waals surface area contributed by atoms with Crippen LogP contribution in [-0.2, 0) is 22.4 Å². The molecule has 0 bridgehead atoms. The zero-order valence-corrected chi connectivity index (χ0v) is 20.2. The molecule has 1 unspecified atom stereocenters. The highest BCUT2D eigenvalue weighted by molar-refractivity contribution is 7.99. The molecule has 0 spiro atoms. The molecule has 1 aliphatic heterocycles. The highest BCUT2D eigenvalue weighted by Gasteiger charge is 2.25. The number of ether oxygens (including phenoxy) is 1. The topological polar surface area (TPSA) is 64.4 Å². The Kier molecular flexibility index (Phi) is 6.29. The molecule has 1 aromatic carbocycles. The maximum absolute atomic E-state index is 13.7. The fraction of sp³-hybridized carbons (Fsp3) is 0.435. The van der Waals surface area contributed by atoms with Gasteiger partial charge in [-0.25, -0.2) is 4.98 Å². The van der Waals surface area contributed by atoms with Crippen molar-refractivity contribution in [2.45, 2.75) is 43.9 Å². The molecule has 2 aliphatic rings. The van der Waals surface area contributed by atoms with Crippen molar-refractivity contribution in [2.75, 3.05) is 25.4 Å². The molecule has 6 nitrogen and oxygen atoms in total. The van der Waals surface area contributed by atoms with E-state index in [0.29, 0.717) is 35.6 Å². The van der Waals surface area contributed by atoms with Crippen LogP contribution in [0.25, 0.3) is 15.9 Å². The first-order valence-corrected chi connectivity index (χ1v) is 13.0. The van der Waals surface area contributed by atoms with Gasteiger partial charge in [0.1, 0.15) is 4.83 Å². The van der Waals surface area contributed by atoms with Gasteiger partial charge in [0.05, 0.1) is 29.5 Å².